The van der Waals surface area contributed by atoms with Gasteiger partial charge in [-0.05, 0) is 30.7 Å². The third kappa shape index (κ3) is 3.30. The van der Waals surface area contributed by atoms with Crippen molar-refractivity contribution in [1.82, 2.24) is 14.9 Å². The van der Waals surface area contributed by atoms with Crippen LogP contribution >= 0.6 is 11.3 Å². The van der Waals surface area contributed by atoms with Gasteiger partial charge < -0.3 is 10.6 Å². The number of nitrogen functional groups attached to an aromatic ring is 1. The molecular formula is C21H24N4OS. The highest BCUT2D eigenvalue weighted by molar-refractivity contribution is 7.20. The third-order valence-electron chi connectivity index (χ3n) is 5.06. The number of carbonyl (C=O) groups is 1. The fourth-order valence-corrected chi connectivity index (χ4v) is 5.02. The summed E-state index contributed by atoms with van der Waals surface area (Å²) in [6.45, 7) is 5.86. The molecule has 3 heterocycles. The van der Waals surface area contributed by atoms with E-state index in [1.807, 2.05) is 35.2 Å². The van der Waals surface area contributed by atoms with E-state index < -0.39 is 0 Å². The van der Waals surface area contributed by atoms with Gasteiger partial charge in [0.05, 0.1) is 10.3 Å². The summed E-state index contributed by atoms with van der Waals surface area (Å²) in [5.74, 6) is 1.35. The van der Waals surface area contributed by atoms with Crippen LogP contribution < -0.4 is 5.73 Å². The maximum absolute atomic E-state index is 13.2. The maximum Gasteiger partial charge on any atom is 0.264 e. The molecule has 6 heteroatoms. The number of rotatable bonds is 3. The first-order valence-electron chi connectivity index (χ1n) is 9.51. The molecule has 0 radical (unpaired) electrons. The topological polar surface area (TPSA) is 72.1 Å². The van der Waals surface area contributed by atoms with Crippen LogP contribution in [0.15, 0.2) is 30.3 Å². The van der Waals surface area contributed by atoms with Crippen LogP contribution in [-0.2, 0) is 0 Å². The van der Waals surface area contributed by atoms with E-state index in [9.17, 15) is 4.79 Å². The average molecular weight is 381 g/mol. The molecule has 3 aromatic rings. The standard InChI is InChI=1S/C21H24N4OS/c1-13(2)15-16-18(22)23-19(14-9-5-3-6-10-14)24-20(16)27-17(15)21(26)25-11-7-4-8-12-25/h3,5-6,9-10,13H,4,7-8,11-12H2,1-2H3,(H2,22,23,24). The van der Waals surface area contributed by atoms with Crippen molar-refractivity contribution in [3.05, 3.63) is 40.8 Å². The van der Waals surface area contributed by atoms with E-state index in [4.69, 9.17) is 10.7 Å². The fourth-order valence-electron chi connectivity index (χ4n) is 3.72. The fraction of sp³-hybridized carbons (Fsp3) is 0.381. The molecule has 4 rings (SSSR count). The SMILES string of the molecule is CC(C)c1c(C(=O)N2CCCCC2)sc2nc(-c3ccccc3)nc(N)c12. The minimum atomic E-state index is 0.113. The number of thiophene rings is 1. The molecule has 1 fully saturated rings. The Morgan fingerprint density at radius 3 is 2.48 bits per heavy atom. The molecule has 0 saturated carbocycles. The zero-order valence-corrected chi connectivity index (χ0v) is 16.6. The Hall–Kier alpha value is -2.47. The Morgan fingerprint density at radius 2 is 1.81 bits per heavy atom. The molecule has 0 unspecified atom stereocenters. The number of hydrogen-bond donors (Lipinski definition) is 1. The monoisotopic (exact) mass is 380 g/mol. The van der Waals surface area contributed by atoms with E-state index in [-0.39, 0.29) is 11.8 Å². The number of fused-ring (bicyclic) bond motifs is 1. The number of carbonyl (C=O) groups excluding carboxylic acids is 1. The van der Waals surface area contributed by atoms with Crippen molar-refractivity contribution >= 4 is 33.3 Å². The zero-order chi connectivity index (χ0) is 19.0. The van der Waals surface area contributed by atoms with Crippen molar-refractivity contribution in [1.29, 1.82) is 0 Å². The van der Waals surface area contributed by atoms with Crippen LogP contribution in [0.2, 0.25) is 0 Å². The third-order valence-corrected chi connectivity index (χ3v) is 6.15. The van der Waals surface area contributed by atoms with Crippen LogP contribution in [0, 0.1) is 0 Å². The van der Waals surface area contributed by atoms with Gasteiger partial charge >= 0.3 is 0 Å². The molecule has 2 N–H and O–H groups in total. The maximum atomic E-state index is 13.2. The molecule has 2 aromatic heterocycles. The first kappa shape index (κ1) is 17.9. The number of nitrogens with two attached hydrogens (primary N) is 1. The van der Waals surface area contributed by atoms with E-state index >= 15 is 0 Å². The molecule has 5 nitrogen and oxygen atoms in total. The summed E-state index contributed by atoms with van der Waals surface area (Å²) in [6.07, 6.45) is 3.35. The predicted molar refractivity (Wildman–Crippen MR) is 111 cm³/mol. The number of likely N-dealkylation sites (tertiary alicyclic amines) is 1. The number of benzene rings is 1. The van der Waals surface area contributed by atoms with E-state index in [1.165, 1.54) is 17.8 Å². The molecule has 0 bridgehead atoms. The highest BCUT2D eigenvalue weighted by Crippen LogP contribution is 2.39. The van der Waals surface area contributed by atoms with E-state index in [0.29, 0.717) is 11.6 Å². The van der Waals surface area contributed by atoms with Crippen molar-refractivity contribution in [2.24, 2.45) is 0 Å². The molecule has 1 saturated heterocycles. The first-order valence-corrected chi connectivity index (χ1v) is 10.3. The van der Waals surface area contributed by atoms with Gasteiger partial charge in [-0.3, -0.25) is 4.79 Å². The average Bonchev–Trinajstić information content (AvgIpc) is 3.09. The van der Waals surface area contributed by atoms with Gasteiger partial charge in [0, 0.05) is 18.7 Å². The van der Waals surface area contributed by atoms with Crippen LogP contribution in [0.3, 0.4) is 0 Å². The lowest BCUT2D eigenvalue weighted by Gasteiger charge is -2.26. The molecular weight excluding hydrogens is 356 g/mol. The quantitative estimate of drug-likeness (QED) is 0.715. The summed E-state index contributed by atoms with van der Waals surface area (Å²) >= 11 is 1.45. The van der Waals surface area contributed by atoms with Crippen molar-refractivity contribution < 1.29 is 4.79 Å². The Labute approximate surface area is 163 Å². The Balaban J connectivity index is 1.85. The lowest BCUT2D eigenvalue weighted by Crippen LogP contribution is -2.35. The van der Waals surface area contributed by atoms with Crippen LogP contribution in [0.4, 0.5) is 5.82 Å². The highest BCUT2D eigenvalue weighted by atomic mass is 32.1. The molecule has 1 aliphatic heterocycles. The van der Waals surface area contributed by atoms with Crippen LogP contribution in [-0.4, -0.2) is 33.9 Å². The minimum Gasteiger partial charge on any atom is -0.383 e. The summed E-state index contributed by atoms with van der Waals surface area (Å²) in [4.78, 5) is 26.1. The van der Waals surface area contributed by atoms with Crippen molar-refractivity contribution in [2.75, 3.05) is 18.8 Å². The van der Waals surface area contributed by atoms with Gasteiger partial charge in [-0.25, -0.2) is 9.97 Å². The van der Waals surface area contributed by atoms with Crippen molar-refractivity contribution in [2.45, 2.75) is 39.0 Å². The number of anilines is 1. The summed E-state index contributed by atoms with van der Waals surface area (Å²) in [6, 6.07) is 9.81. The molecule has 140 valence electrons. The second-order valence-electron chi connectivity index (χ2n) is 7.33. The van der Waals surface area contributed by atoms with Crippen LogP contribution in [0.5, 0.6) is 0 Å². The number of piperidine rings is 1. The zero-order valence-electron chi connectivity index (χ0n) is 15.7. The molecule has 1 amide bonds. The summed E-state index contributed by atoms with van der Waals surface area (Å²) in [5.41, 5.74) is 8.27. The second-order valence-corrected chi connectivity index (χ2v) is 8.33. The number of hydrogen-bond acceptors (Lipinski definition) is 5. The number of aromatic nitrogens is 2. The van der Waals surface area contributed by atoms with E-state index in [1.54, 1.807) is 0 Å². The summed E-state index contributed by atoms with van der Waals surface area (Å²) < 4.78 is 0. The van der Waals surface area contributed by atoms with Gasteiger partial charge in [0.1, 0.15) is 10.6 Å². The second kappa shape index (κ2) is 7.27. The van der Waals surface area contributed by atoms with Gasteiger partial charge in [-0.1, -0.05) is 44.2 Å². The Kier molecular flexibility index (Phi) is 4.83. The molecule has 0 atom stereocenters. The summed E-state index contributed by atoms with van der Waals surface area (Å²) in [5, 5.41) is 0.843. The molecule has 27 heavy (non-hydrogen) atoms. The Bertz CT molecular complexity index is 975. The lowest BCUT2D eigenvalue weighted by atomic mass is 9.99. The predicted octanol–water partition coefficient (Wildman–Crippen LogP) is 4.69. The molecule has 1 aliphatic rings. The van der Waals surface area contributed by atoms with Gasteiger partial charge in [-0.15, -0.1) is 11.3 Å². The van der Waals surface area contributed by atoms with Crippen LogP contribution in [0.25, 0.3) is 21.6 Å². The van der Waals surface area contributed by atoms with E-state index in [0.717, 1.165) is 52.2 Å². The highest BCUT2D eigenvalue weighted by Gasteiger charge is 2.28. The number of amides is 1. The van der Waals surface area contributed by atoms with Gasteiger partial charge in [0.25, 0.3) is 5.91 Å². The van der Waals surface area contributed by atoms with Gasteiger partial charge in [0.2, 0.25) is 0 Å². The normalized spacial score (nSPS) is 14.9. The summed E-state index contributed by atoms with van der Waals surface area (Å²) in [7, 11) is 0. The van der Waals surface area contributed by atoms with E-state index in [2.05, 4.69) is 18.8 Å². The van der Waals surface area contributed by atoms with Crippen LogP contribution in [0.1, 0.15) is 54.3 Å². The first-order chi connectivity index (χ1) is 13.1. The smallest absolute Gasteiger partial charge is 0.264 e. The molecule has 0 spiro atoms. The lowest BCUT2D eigenvalue weighted by molar-refractivity contribution is 0.0728. The molecule has 0 aliphatic carbocycles. The molecule has 1 aromatic carbocycles. The minimum absolute atomic E-state index is 0.113. The van der Waals surface area contributed by atoms with Gasteiger partial charge in [0.15, 0.2) is 5.82 Å². The largest absolute Gasteiger partial charge is 0.383 e. The van der Waals surface area contributed by atoms with Gasteiger partial charge in [-0.2, -0.15) is 0 Å². The van der Waals surface area contributed by atoms with Crippen molar-refractivity contribution in [3.8, 4) is 11.4 Å². The number of nitrogens with zero attached hydrogens (tertiary/aromatic N) is 3. The Morgan fingerprint density at radius 1 is 1.11 bits per heavy atom. The van der Waals surface area contributed by atoms with Crippen molar-refractivity contribution in [3.63, 3.8) is 0 Å².